The molecule has 8 atom stereocenters. The van der Waals surface area contributed by atoms with Gasteiger partial charge in [-0.15, -0.1) is 11.8 Å². The summed E-state index contributed by atoms with van der Waals surface area (Å²) in [4.78, 5) is 56.1. The Morgan fingerprint density at radius 2 is 1.85 bits per heavy atom. The van der Waals surface area contributed by atoms with Crippen LogP contribution in [-0.4, -0.2) is 88.4 Å². The Hall–Kier alpha value is -1.01. The Labute approximate surface area is 232 Å². The minimum Gasteiger partial charge on any atom is -0.480 e. The number of aromatic nitrogens is 2. The molecule has 1 aromatic heterocycles. The standard InChI is InChI=1S/C18H32N3O15P3S/c1-2-9-40-13-6-7-21(18(26)20-13)16-15(23)14(22)12(34-16)10-33-38(29,30)36-39(31,32)35-37(27,28)8-4-3-5-11(19)17(24)25/h6-7,11-12,14-16,22-23H,2-5,8-10,19H2,1H3,(H,24,25)(H,27,28)(H,29,30)(H,31,32)/t11?,12-,14-,15-,16-/m1/s1. The van der Waals surface area contributed by atoms with Crippen LogP contribution in [0.3, 0.4) is 0 Å². The average molecular weight is 655 g/mol. The third kappa shape index (κ3) is 11.0. The van der Waals surface area contributed by atoms with Gasteiger partial charge in [0.05, 0.1) is 12.8 Å². The zero-order valence-electron chi connectivity index (χ0n) is 21.1. The summed E-state index contributed by atoms with van der Waals surface area (Å²) in [5, 5.41) is 29.7. The van der Waals surface area contributed by atoms with Gasteiger partial charge in [-0.05, 0) is 31.1 Å². The van der Waals surface area contributed by atoms with E-state index in [4.69, 9.17) is 15.6 Å². The molecule has 230 valence electrons. The monoisotopic (exact) mass is 655 g/mol. The van der Waals surface area contributed by atoms with Gasteiger partial charge in [-0.25, -0.2) is 18.2 Å². The number of thioether (sulfide) groups is 1. The van der Waals surface area contributed by atoms with Gasteiger partial charge in [0.2, 0.25) is 0 Å². The van der Waals surface area contributed by atoms with Crippen molar-refractivity contribution in [2.45, 2.75) is 68.2 Å². The lowest BCUT2D eigenvalue weighted by Gasteiger charge is -2.20. The predicted octanol–water partition coefficient (Wildman–Crippen LogP) is 0.383. The number of carbonyl (C=O) groups is 1. The number of aliphatic hydroxyl groups is 2. The van der Waals surface area contributed by atoms with Gasteiger partial charge in [0, 0.05) is 6.20 Å². The third-order valence-corrected chi connectivity index (χ3v) is 11.2. The lowest BCUT2D eigenvalue weighted by molar-refractivity contribution is -0.138. The minimum atomic E-state index is -5.67. The molecule has 4 unspecified atom stereocenters. The van der Waals surface area contributed by atoms with Crippen molar-refractivity contribution >= 4 is 41.0 Å². The Morgan fingerprint density at radius 3 is 2.45 bits per heavy atom. The van der Waals surface area contributed by atoms with E-state index in [1.54, 1.807) is 0 Å². The number of carboxylic acids is 1. The Balaban J connectivity index is 1.93. The maximum absolute atomic E-state index is 12.4. The highest BCUT2D eigenvalue weighted by molar-refractivity contribution is 7.99. The molecule has 2 rings (SSSR count). The summed E-state index contributed by atoms with van der Waals surface area (Å²) >= 11 is 1.33. The van der Waals surface area contributed by atoms with Crippen LogP contribution >= 0.6 is 35.0 Å². The second-order valence-corrected chi connectivity index (χ2v) is 14.8. The molecule has 0 spiro atoms. The minimum absolute atomic E-state index is 0.0541. The molecule has 22 heteroatoms. The molecule has 40 heavy (non-hydrogen) atoms. The van der Waals surface area contributed by atoms with Crippen LogP contribution < -0.4 is 11.4 Å². The van der Waals surface area contributed by atoms with E-state index >= 15 is 0 Å². The molecular weight excluding hydrogens is 623 g/mol. The predicted molar refractivity (Wildman–Crippen MR) is 137 cm³/mol. The fraction of sp³-hybridized carbons (Fsp3) is 0.722. The highest BCUT2D eigenvalue weighted by Crippen LogP contribution is 2.67. The van der Waals surface area contributed by atoms with Crippen LogP contribution in [0.15, 0.2) is 22.1 Å². The maximum atomic E-state index is 12.4. The van der Waals surface area contributed by atoms with Crippen molar-refractivity contribution in [3.8, 4) is 0 Å². The topological polar surface area (TPSA) is 287 Å². The van der Waals surface area contributed by atoms with Gasteiger partial charge >= 0.3 is 34.9 Å². The first kappa shape index (κ1) is 35.2. The lowest BCUT2D eigenvalue weighted by Crippen LogP contribution is -2.36. The molecule has 18 nitrogen and oxygen atoms in total. The van der Waals surface area contributed by atoms with Gasteiger partial charge in [-0.3, -0.25) is 18.5 Å². The van der Waals surface area contributed by atoms with E-state index in [9.17, 15) is 48.2 Å². The number of hydrogen-bond donors (Lipinski definition) is 7. The molecule has 2 heterocycles. The molecule has 0 amide bonds. The molecule has 0 radical (unpaired) electrons. The van der Waals surface area contributed by atoms with Crippen molar-refractivity contribution in [3.05, 3.63) is 22.7 Å². The highest BCUT2D eigenvalue weighted by atomic mass is 32.2. The molecule has 1 saturated heterocycles. The number of aliphatic hydroxyl groups excluding tert-OH is 2. The highest BCUT2D eigenvalue weighted by Gasteiger charge is 2.46. The molecule has 0 saturated carbocycles. The molecule has 0 aliphatic carbocycles. The smallest absolute Gasteiger partial charge is 0.480 e. The summed E-state index contributed by atoms with van der Waals surface area (Å²) in [5.74, 6) is -0.566. The summed E-state index contributed by atoms with van der Waals surface area (Å²) in [6.45, 7) is 0.955. The first-order chi connectivity index (χ1) is 18.5. The van der Waals surface area contributed by atoms with Crippen LogP contribution in [0.1, 0.15) is 38.8 Å². The van der Waals surface area contributed by atoms with Crippen LogP contribution in [0.5, 0.6) is 0 Å². The zero-order chi connectivity index (χ0) is 30.3. The molecule has 1 fully saturated rings. The lowest BCUT2D eigenvalue weighted by atomic mass is 10.1. The SMILES string of the molecule is CCCSc1ccn([C@@H]2O[C@H](COP(=O)(O)OP(=O)(O)OP(=O)(O)CCCCC(N)C(=O)O)[C@@H](O)[C@H]2O)c(=O)n1. The molecule has 1 aromatic rings. The number of phosphoric acid groups is 2. The summed E-state index contributed by atoms with van der Waals surface area (Å²) in [7, 11) is -16.0. The second-order valence-electron chi connectivity index (χ2n) is 8.55. The van der Waals surface area contributed by atoms with Crippen LogP contribution in [0.2, 0.25) is 0 Å². The molecule has 1 aliphatic heterocycles. The van der Waals surface area contributed by atoms with Gasteiger partial charge in [0.25, 0.3) is 0 Å². The molecule has 1 aliphatic rings. The average Bonchev–Trinajstić information content (AvgIpc) is 3.11. The third-order valence-electron chi connectivity index (χ3n) is 5.23. The first-order valence-electron chi connectivity index (χ1n) is 11.7. The number of nitrogens with zero attached hydrogens (tertiary/aromatic N) is 2. The number of ether oxygens (including phenoxy) is 1. The van der Waals surface area contributed by atoms with E-state index < -0.39 is 78.3 Å². The molecular formula is C18H32N3O15P3S. The maximum Gasteiger partial charge on any atom is 0.488 e. The van der Waals surface area contributed by atoms with E-state index in [2.05, 4.69) is 18.1 Å². The van der Waals surface area contributed by atoms with Crippen LogP contribution in [0.25, 0.3) is 0 Å². The summed E-state index contributed by atoms with van der Waals surface area (Å²) in [5.41, 5.74) is 4.49. The van der Waals surface area contributed by atoms with E-state index in [0.717, 1.165) is 11.0 Å². The number of hydrogen-bond acceptors (Lipinski definition) is 14. The van der Waals surface area contributed by atoms with Crippen molar-refractivity contribution in [2.24, 2.45) is 5.73 Å². The van der Waals surface area contributed by atoms with Gasteiger partial charge in [0.1, 0.15) is 29.4 Å². The number of phosphoric ester groups is 1. The zero-order valence-corrected chi connectivity index (χ0v) is 24.6. The Kier molecular flexibility index (Phi) is 13.1. The number of nitrogens with two attached hydrogens (primary N) is 1. The first-order valence-corrected chi connectivity index (χ1v) is 17.5. The molecule has 8 N–H and O–H groups in total. The van der Waals surface area contributed by atoms with Crippen molar-refractivity contribution in [2.75, 3.05) is 18.5 Å². The van der Waals surface area contributed by atoms with Crippen LogP contribution in [0, 0.1) is 0 Å². The second kappa shape index (κ2) is 14.9. The fourth-order valence-corrected chi connectivity index (χ4v) is 8.22. The van der Waals surface area contributed by atoms with Crippen molar-refractivity contribution in [1.29, 1.82) is 0 Å². The van der Waals surface area contributed by atoms with E-state index in [1.165, 1.54) is 24.0 Å². The summed E-state index contributed by atoms with van der Waals surface area (Å²) < 4.78 is 55.2. The Morgan fingerprint density at radius 1 is 1.18 bits per heavy atom. The molecule has 0 bridgehead atoms. The quantitative estimate of drug-likeness (QED) is 0.0516. The number of rotatable bonds is 17. The fourth-order valence-electron chi connectivity index (χ4n) is 3.31. The largest absolute Gasteiger partial charge is 0.488 e. The summed E-state index contributed by atoms with van der Waals surface area (Å²) in [6.07, 6.45) is -5.15. The summed E-state index contributed by atoms with van der Waals surface area (Å²) in [6, 6.07) is 0.281. The van der Waals surface area contributed by atoms with Gasteiger partial charge < -0.3 is 40.5 Å². The van der Waals surface area contributed by atoms with Crippen LogP contribution in [0.4, 0.5) is 0 Å². The van der Waals surface area contributed by atoms with Crippen molar-refractivity contribution in [3.63, 3.8) is 0 Å². The Bertz CT molecular complexity index is 1220. The van der Waals surface area contributed by atoms with Crippen molar-refractivity contribution < 1.29 is 66.4 Å². The van der Waals surface area contributed by atoms with Crippen molar-refractivity contribution in [1.82, 2.24) is 9.55 Å². The normalized spacial score (nSPS) is 26.5. The number of carboxylic acid groups (broad SMARTS) is 1. The van der Waals surface area contributed by atoms with Gasteiger partial charge in [0.15, 0.2) is 6.23 Å². The van der Waals surface area contributed by atoms with E-state index in [0.29, 0.717) is 10.8 Å². The number of unbranched alkanes of at least 4 members (excludes halogenated alkanes) is 1. The van der Waals surface area contributed by atoms with E-state index in [-0.39, 0.29) is 19.3 Å². The molecule has 0 aromatic carbocycles. The van der Waals surface area contributed by atoms with E-state index in [1.807, 2.05) is 6.92 Å². The van der Waals surface area contributed by atoms with Gasteiger partial charge in [-0.2, -0.15) is 9.29 Å². The van der Waals surface area contributed by atoms with Crippen LogP contribution in [-0.2, 0) is 36.4 Å². The van der Waals surface area contributed by atoms with Gasteiger partial charge in [-0.1, -0.05) is 13.3 Å². The number of aliphatic carboxylic acids is 1.